The van der Waals surface area contributed by atoms with E-state index in [9.17, 15) is 0 Å². The van der Waals surface area contributed by atoms with E-state index in [2.05, 4.69) is 27.4 Å². The van der Waals surface area contributed by atoms with Crippen LogP contribution in [0.25, 0.3) is 0 Å². The zero-order valence-corrected chi connectivity index (χ0v) is 10.4. The number of allylic oxidation sites excluding steroid dienone is 1. The molecule has 0 amide bonds. The number of hydrogen-bond acceptors (Lipinski definition) is 0. The second-order valence-corrected chi connectivity index (χ2v) is 4.60. The van der Waals surface area contributed by atoms with E-state index in [-0.39, 0.29) is 0 Å². The minimum atomic E-state index is 0.935. The summed E-state index contributed by atoms with van der Waals surface area (Å²) in [6.07, 6.45) is 10.7. The lowest BCUT2D eigenvalue weighted by atomic mass is 9.96. The second-order valence-electron chi connectivity index (χ2n) is 4.60. The van der Waals surface area contributed by atoms with Gasteiger partial charge < -0.3 is 0 Å². The Balaban J connectivity index is 3.22. The predicted molar refractivity (Wildman–Crippen MR) is 66.6 cm³/mol. The fourth-order valence-corrected chi connectivity index (χ4v) is 1.74. The predicted octanol–water partition coefficient (Wildman–Crippen LogP) is 5.34. The molecule has 0 bridgehead atoms. The van der Waals surface area contributed by atoms with E-state index in [0.717, 1.165) is 12.3 Å². The maximum absolute atomic E-state index is 4.04. The van der Waals surface area contributed by atoms with Gasteiger partial charge in [-0.1, -0.05) is 65.0 Å². The summed E-state index contributed by atoms with van der Waals surface area (Å²) >= 11 is 0. The molecule has 0 N–H and O–H groups in total. The first-order valence-electron chi connectivity index (χ1n) is 6.37. The van der Waals surface area contributed by atoms with E-state index < -0.39 is 0 Å². The van der Waals surface area contributed by atoms with Gasteiger partial charge in [0, 0.05) is 0 Å². The second kappa shape index (κ2) is 9.30. The molecule has 14 heavy (non-hydrogen) atoms. The fraction of sp³-hybridized carbons (Fsp3) is 0.857. The van der Waals surface area contributed by atoms with Gasteiger partial charge in [0.25, 0.3) is 0 Å². The van der Waals surface area contributed by atoms with Gasteiger partial charge in [0.1, 0.15) is 0 Å². The van der Waals surface area contributed by atoms with E-state index >= 15 is 0 Å². The van der Waals surface area contributed by atoms with Crippen molar-refractivity contribution in [2.75, 3.05) is 0 Å². The van der Waals surface area contributed by atoms with Gasteiger partial charge in [0.15, 0.2) is 0 Å². The van der Waals surface area contributed by atoms with Crippen LogP contribution in [0.5, 0.6) is 0 Å². The summed E-state index contributed by atoms with van der Waals surface area (Å²) in [5.74, 6) is 0.935. The summed E-state index contributed by atoms with van der Waals surface area (Å²) in [5.41, 5.74) is 1.42. The number of rotatable bonds is 9. The van der Waals surface area contributed by atoms with Gasteiger partial charge in [-0.05, 0) is 25.2 Å². The van der Waals surface area contributed by atoms with Crippen LogP contribution in [0.1, 0.15) is 72.1 Å². The van der Waals surface area contributed by atoms with Crippen molar-refractivity contribution >= 4 is 0 Å². The maximum atomic E-state index is 4.04. The van der Waals surface area contributed by atoms with Crippen LogP contribution in [0.2, 0.25) is 0 Å². The molecule has 0 aliphatic carbocycles. The SMILES string of the molecule is C=C(CC)CCCCC(C)CCCC. The van der Waals surface area contributed by atoms with Gasteiger partial charge in [-0.15, -0.1) is 0 Å². The third-order valence-corrected chi connectivity index (χ3v) is 3.03. The Labute approximate surface area is 90.8 Å². The average molecular weight is 196 g/mol. The fourth-order valence-electron chi connectivity index (χ4n) is 1.74. The number of hydrogen-bond donors (Lipinski definition) is 0. The van der Waals surface area contributed by atoms with Crippen LogP contribution in [0, 0.1) is 5.92 Å². The van der Waals surface area contributed by atoms with Crippen molar-refractivity contribution in [3.63, 3.8) is 0 Å². The monoisotopic (exact) mass is 196 g/mol. The number of unbranched alkanes of at least 4 members (excludes halogenated alkanes) is 2. The molecule has 0 spiro atoms. The van der Waals surface area contributed by atoms with Crippen molar-refractivity contribution in [2.24, 2.45) is 5.92 Å². The summed E-state index contributed by atoms with van der Waals surface area (Å²) in [5, 5.41) is 0. The summed E-state index contributed by atoms with van der Waals surface area (Å²) in [4.78, 5) is 0. The van der Waals surface area contributed by atoms with Crippen molar-refractivity contribution < 1.29 is 0 Å². The quantitative estimate of drug-likeness (QED) is 0.345. The topological polar surface area (TPSA) is 0 Å². The van der Waals surface area contributed by atoms with Gasteiger partial charge in [0.05, 0.1) is 0 Å². The van der Waals surface area contributed by atoms with Crippen molar-refractivity contribution in [3.8, 4) is 0 Å². The standard InChI is InChI=1S/C14H28/c1-5-7-10-14(4)12-9-8-11-13(3)6-2/h14H,3,5-12H2,1-2,4H3. The summed E-state index contributed by atoms with van der Waals surface area (Å²) in [6.45, 7) is 10.9. The van der Waals surface area contributed by atoms with Crippen molar-refractivity contribution in [1.82, 2.24) is 0 Å². The Morgan fingerprint density at radius 3 is 2.29 bits per heavy atom. The van der Waals surface area contributed by atoms with Crippen LogP contribution in [-0.2, 0) is 0 Å². The molecule has 0 aliphatic heterocycles. The molecule has 0 saturated carbocycles. The summed E-state index contributed by atoms with van der Waals surface area (Å²) in [7, 11) is 0. The molecule has 0 radical (unpaired) electrons. The van der Waals surface area contributed by atoms with Crippen LogP contribution in [0.4, 0.5) is 0 Å². The minimum absolute atomic E-state index is 0.935. The molecular formula is C14H28. The molecule has 0 heterocycles. The average Bonchev–Trinajstić information content (AvgIpc) is 2.21. The first-order valence-corrected chi connectivity index (χ1v) is 6.37. The molecule has 1 atom stereocenters. The van der Waals surface area contributed by atoms with Crippen LogP contribution in [-0.4, -0.2) is 0 Å². The van der Waals surface area contributed by atoms with Crippen LogP contribution >= 0.6 is 0 Å². The minimum Gasteiger partial charge on any atom is -0.0999 e. The largest absolute Gasteiger partial charge is 0.0999 e. The van der Waals surface area contributed by atoms with E-state index in [1.807, 2.05) is 0 Å². The molecule has 0 nitrogen and oxygen atoms in total. The lowest BCUT2D eigenvalue weighted by molar-refractivity contribution is 0.449. The summed E-state index contributed by atoms with van der Waals surface area (Å²) < 4.78 is 0. The van der Waals surface area contributed by atoms with E-state index in [1.54, 1.807) is 0 Å². The highest BCUT2D eigenvalue weighted by Crippen LogP contribution is 2.17. The Morgan fingerprint density at radius 2 is 1.71 bits per heavy atom. The van der Waals surface area contributed by atoms with Crippen molar-refractivity contribution in [3.05, 3.63) is 12.2 Å². The molecule has 0 fully saturated rings. The van der Waals surface area contributed by atoms with Crippen LogP contribution < -0.4 is 0 Å². The van der Waals surface area contributed by atoms with Crippen molar-refractivity contribution in [1.29, 1.82) is 0 Å². The molecule has 0 aliphatic rings. The Bertz CT molecular complexity index is 135. The Hall–Kier alpha value is -0.260. The summed E-state index contributed by atoms with van der Waals surface area (Å²) in [6, 6.07) is 0. The van der Waals surface area contributed by atoms with Crippen molar-refractivity contribution in [2.45, 2.75) is 72.1 Å². The molecule has 0 aromatic heterocycles. The van der Waals surface area contributed by atoms with E-state index in [1.165, 1.54) is 50.5 Å². The first kappa shape index (κ1) is 13.7. The van der Waals surface area contributed by atoms with Crippen LogP contribution in [0.3, 0.4) is 0 Å². The molecule has 0 aromatic rings. The normalized spacial score (nSPS) is 12.8. The molecular weight excluding hydrogens is 168 g/mol. The van der Waals surface area contributed by atoms with Crippen LogP contribution in [0.15, 0.2) is 12.2 Å². The molecule has 0 saturated heterocycles. The third-order valence-electron chi connectivity index (χ3n) is 3.03. The van der Waals surface area contributed by atoms with E-state index in [4.69, 9.17) is 0 Å². The first-order chi connectivity index (χ1) is 6.70. The van der Waals surface area contributed by atoms with Gasteiger partial charge in [-0.3, -0.25) is 0 Å². The Kier molecular flexibility index (Phi) is 9.13. The van der Waals surface area contributed by atoms with Gasteiger partial charge >= 0.3 is 0 Å². The highest BCUT2D eigenvalue weighted by Gasteiger charge is 2.01. The highest BCUT2D eigenvalue weighted by molar-refractivity contribution is 4.91. The Morgan fingerprint density at radius 1 is 1.07 bits per heavy atom. The molecule has 0 aromatic carbocycles. The van der Waals surface area contributed by atoms with Gasteiger partial charge in [-0.2, -0.15) is 0 Å². The zero-order valence-electron chi connectivity index (χ0n) is 10.4. The zero-order chi connectivity index (χ0) is 10.8. The lowest BCUT2D eigenvalue weighted by Gasteiger charge is -2.10. The maximum Gasteiger partial charge on any atom is -0.0323 e. The third kappa shape index (κ3) is 8.34. The molecule has 0 heteroatoms. The smallest absolute Gasteiger partial charge is 0.0323 e. The van der Waals surface area contributed by atoms with Gasteiger partial charge in [0.2, 0.25) is 0 Å². The van der Waals surface area contributed by atoms with E-state index in [0.29, 0.717) is 0 Å². The molecule has 84 valence electrons. The molecule has 1 unspecified atom stereocenters. The lowest BCUT2D eigenvalue weighted by Crippen LogP contribution is -1.94. The van der Waals surface area contributed by atoms with Gasteiger partial charge in [-0.25, -0.2) is 0 Å². The molecule has 0 rings (SSSR count). The highest BCUT2D eigenvalue weighted by atomic mass is 14.1.